The molecule has 3 rings (SSSR count). The Morgan fingerprint density at radius 2 is 1.83 bits per heavy atom. The molecule has 2 aliphatic rings. The van der Waals surface area contributed by atoms with E-state index in [1.165, 1.54) is 7.11 Å². The molecule has 0 N–H and O–H groups in total. The van der Waals surface area contributed by atoms with Crippen LogP contribution in [0.3, 0.4) is 0 Å². The van der Waals surface area contributed by atoms with E-state index < -0.39 is 17.8 Å². The van der Waals surface area contributed by atoms with Gasteiger partial charge >= 0.3 is 11.9 Å². The van der Waals surface area contributed by atoms with E-state index in [-0.39, 0.29) is 17.2 Å². The predicted molar refractivity (Wildman–Crippen MR) is 113 cm³/mol. The van der Waals surface area contributed by atoms with Gasteiger partial charge in [0.2, 0.25) is 0 Å². The number of hydrogen-bond acceptors (Lipinski definition) is 6. The third-order valence-electron chi connectivity index (χ3n) is 5.70. The molecule has 0 amide bonds. The Morgan fingerprint density at radius 1 is 1.17 bits per heavy atom. The van der Waals surface area contributed by atoms with Gasteiger partial charge in [0.25, 0.3) is 0 Å². The van der Waals surface area contributed by atoms with Crippen LogP contribution in [0.15, 0.2) is 40.5 Å². The zero-order chi connectivity index (χ0) is 22.1. The molecular formula is C24H29NO5. The highest BCUT2D eigenvalue weighted by atomic mass is 16.5. The van der Waals surface area contributed by atoms with Crippen molar-refractivity contribution in [3.8, 4) is 0 Å². The molecule has 1 unspecified atom stereocenters. The van der Waals surface area contributed by atoms with Gasteiger partial charge in [-0.3, -0.25) is 14.6 Å². The topological polar surface area (TPSA) is 82.0 Å². The number of Topliss-reactive ketones (excluding diaryl/α,β-unsaturated/α-hetero) is 1. The van der Waals surface area contributed by atoms with Crippen LogP contribution in [0.5, 0.6) is 0 Å². The number of esters is 2. The summed E-state index contributed by atoms with van der Waals surface area (Å²) < 4.78 is 10.2. The van der Waals surface area contributed by atoms with Gasteiger partial charge in [0.1, 0.15) is 5.92 Å². The van der Waals surface area contributed by atoms with Crippen LogP contribution in [0.1, 0.15) is 68.8 Å². The maximum atomic E-state index is 13.2. The number of ketones is 1. The number of rotatable bonds is 5. The van der Waals surface area contributed by atoms with E-state index in [0.717, 1.165) is 11.3 Å². The minimum Gasteiger partial charge on any atom is -0.465 e. The minimum atomic E-state index is -0.663. The number of aliphatic imine (C=N–C) groups is 1. The summed E-state index contributed by atoms with van der Waals surface area (Å²) in [5.41, 5.74) is 3.05. The molecule has 1 aromatic rings. The van der Waals surface area contributed by atoms with Gasteiger partial charge in [0.15, 0.2) is 5.78 Å². The van der Waals surface area contributed by atoms with Gasteiger partial charge in [-0.05, 0) is 42.9 Å². The zero-order valence-corrected chi connectivity index (χ0v) is 18.3. The smallest absolute Gasteiger partial charge is 0.337 e. The second-order valence-corrected chi connectivity index (χ2v) is 8.79. The molecule has 0 fully saturated rings. The number of nitrogens with zero attached hydrogens (tertiary/aromatic N) is 1. The van der Waals surface area contributed by atoms with Crippen LogP contribution in [0.4, 0.5) is 0 Å². The second kappa shape index (κ2) is 8.54. The average Bonchev–Trinajstić information content (AvgIpc) is 2.69. The normalized spacial score (nSPS) is 22.8. The van der Waals surface area contributed by atoms with E-state index in [2.05, 4.69) is 13.8 Å². The molecule has 0 radical (unpaired) electrons. The number of carbonyl (C=O) groups is 3. The molecule has 0 saturated carbocycles. The Balaban J connectivity index is 2.10. The lowest BCUT2D eigenvalue weighted by Crippen LogP contribution is -2.39. The van der Waals surface area contributed by atoms with Gasteiger partial charge in [0, 0.05) is 29.3 Å². The van der Waals surface area contributed by atoms with Crippen molar-refractivity contribution < 1.29 is 23.9 Å². The molecule has 2 atom stereocenters. The fourth-order valence-electron chi connectivity index (χ4n) is 4.35. The molecule has 0 bridgehead atoms. The van der Waals surface area contributed by atoms with Crippen molar-refractivity contribution in [2.24, 2.45) is 16.3 Å². The first-order valence-electron chi connectivity index (χ1n) is 10.3. The van der Waals surface area contributed by atoms with Crippen LogP contribution in [0, 0.1) is 11.3 Å². The Bertz CT molecular complexity index is 923. The third kappa shape index (κ3) is 4.23. The standard InChI is InChI=1S/C24H29NO5/c1-6-11-30-23(28)19-14(2)25-17-12-24(3,4)13-18(26)21(17)20(19)15-7-9-16(10-8-15)22(27)29-5/h7-10,19-20H,6,11-13H2,1-5H3/t19?,20-/m1/s1. The summed E-state index contributed by atoms with van der Waals surface area (Å²) in [6, 6.07) is 6.89. The highest BCUT2D eigenvalue weighted by Gasteiger charge is 2.46. The first-order chi connectivity index (χ1) is 14.2. The lowest BCUT2D eigenvalue weighted by Gasteiger charge is -2.39. The number of methoxy groups -OCH3 is 1. The quantitative estimate of drug-likeness (QED) is 0.677. The molecule has 6 heteroatoms. The van der Waals surface area contributed by atoms with Gasteiger partial charge in [-0.25, -0.2) is 4.79 Å². The number of allylic oxidation sites excluding steroid dienone is 2. The highest BCUT2D eigenvalue weighted by Crippen LogP contribution is 2.47. The summed E-state index contributed by atoms with van der Waals surface area (Å²) in [4.78, 5) is 42.7. The molecule has 1 heterocycles. The monoisotopic (exact) mass is 411 g/mol. The summed E-state index contributed by atoms with van der Waals surface area (Å²) in [7, 11) is 1.33. The van der Waals surface area contributed by atoms with Gasteiger partial charge in [-0.2, -0.15) is 0 Å². The van der Waals surface area contributed by atoms with Gasteiger partial charge in [-0.1, -0.05) is 32.9 Å². The maximum absolute atomic E-state index is 13.2. The maximum Gasteiger partial charge on any atom is 0.337 e. The number of carbonyl (C=O) groups excluding carboxylic acids is 3. The molecule has 160 valence electrons. The summed E-state index contributed by atoms with van der Waals surface area (Å²) in [6.07, 6.45) is 1.81. The van der Waals surface area contributed by atoms with E-state index >= 15 is 0 Å². The predicted octanol–water partition coefficient (Wildman–Crippen LogP) is 4.24. The van der Waals surface area contributed by atoms with Crippen LogP contribution >= 0.6 is 0 Å². The lowest BCUT2D eigenvalue weighted by atomic mass is 9.67. The molecule has 0 aromatic heterocycles. The lowest BCUT2D eigenvalue weighted by molar-refractivity contribution is -0.146. The van der Waals surface area contributed by atoms with Gasteiger partial charge in [0.05, 0.1) is 19.3 Å². The van der Waals surface area contributed by atoms with Crippen molar-refractivity contribution in [2.45, 2.75) is 52.9 Å². The summed E-state index contributed by atoms with van der Waals surface area (Å²) >= 11 is 0. The largest absolute Gasteiger partial charge is 0.465 e. The minimum absolute atomic E-state index is 0.0211. The molecule has 1 aliphatic heterocycles. The van der Waals surface area contributed by atoms with Crippen LogP contribution in [0.25, 0.3) is 0 Å². The van der Waals surface area contributed by atoms with Crippen molar-refractivity contribution in [3.05, 3.63) is 46.7 Å². The summed E-state index contributed by atoms with van der Waals surface area (Å²) in [6.45, 7) is 8.20. The molecule has 0 saturated heterocycles. The summed E-state index contributed by atoms with van der Waals surface area (Å²) in [5, 5.41) is 0. The first-order valence-corrected chi connectivity index (χ1v) is 10.3. The second-order valence-electron chi connectivity index (χ2n) is 8.79. The van der Waals surface area contributed by atoms with Crippen molar-refractivity contribution in [3.63, 3.8) is 0 Å². The van der Waals surface area contributed by atoms with Crippen molar-refractivity contribution >= 4 is 23.4 Å². The Labute approximate surface area is 177 Å². The number of ether oxygens (including phenoxy) is 2. The highest BCUT2D eigenvalue weighted by molar-refractivity contribution is 6.09. The molecule has 1 aromatic carbocycles. The number of hydrogen-bond donors (Lipinski definition) is 0. The van der Waals surface area contributed by atoms with Crippen LogP contribution in [-0.2, 0) is 19.1 Å². The SMILES string of the molecule is CCCOC(=O)C1C(C)=NC2=C(C(=O)CC(C)(C)C2)[C@@H]1c1ccc(C(=O)OC)cc1. The van der Waals surface area contributed by atoms with Crippen LogP contribution in [0.2, 0.25) is 0 Å². The molecule has 6 nitrogen and oxygen atoms in total. The van der Waals surface area contributed by atoms with Gasteiger partial charge in [-0.15, -0.1) is 0 Å². The number of benzene rings is 1. The van der Waals surface area contributed by atoms with Crippen molar-refractivity contribution in [2.75, 3.05) is 13.7 Å². The Morgan fingerprint density at radius 3 is 2.43 bits per heavy atom. The molecular weight excluding hydrogens is 382 g/mol. The van der Waals surface area contributed by atoms with E-state index in [1.54, 1.807) is 24.3 Å². The molecule has 30 heavy (non-hydrogen) atoms. The van der Waals surface area contributed by atoms with E-state index in [0.29, 0.717) is 42.7 Å². The van der Waals surface area contributed by atoms with Crippen molar-refractivity contribution in [1.82, 2.24) is 0 Å². The molecule has 0 spiro atoms. The van der Waals surface area contributed by atoms with Crippen molar-refractivity contribution in [1.29, 1.82) is 0 Å². The van der Waals surface area contributed by atoms with E-state index in [9.17, 15) is 14.4 Å². The van der Waals surface area contributed by atoms with E-state index in [1.807, 2.05) is 13.8 Å². The van der Waals surface area contributed by atoms with Gasteiger partial charge < -0.3 is 9.47 Å². The molecule has 1 aliphatic carbocycles. The first kappa shape index (κ1) is 21.9. The fourth-order valence-corrected chi connectivity index (χ4v) is 4.35. The average molecular weight is 411 g/mol. The van der Waals surface area contributed by atoms with E-state index in [4.69, 9.17) is 14.5 Å². The third-order valence-corrected chi connectivity index (χ3v) is 5.70. The Kier molecular flexibility index (Phi) is 6.25. The Hall–Kier alpha value is -2.76. The fraction of sp³-hybridized carbons (Fsp3) is 0.500. The van der Waals surface area contributed by atoms with Crippen LogP contribution in [-0.4, -0.2) is 37.2 Å². The zero-order valence-electron chi connectivity index (χ0n) is 18.3. The summed E-state index contributed by atoms with van der Waals surface area (Å²) in [5.74, 6) is -1.92. The van der Waals surface area contributed by atoms with Crippen LogP contribution < -0.4 is 0 Å².